The molecule has 0 saturated carbocycles. The smallest absolute Gasteiger partial charge is 0.256 e. The normalized spacial score (nSPS) is 16.2. The van der Waals surface area contributed by atoms with Crippen LogP contribution in [-0.4, -0.2) is 57.7 Å². The molecule has 1 unspecified atom stereocenters. The molecule has 2 amide bonds. The Hall–Kier alpha value is -3.63. The number of aryl methyl sites for hydroxylation is 1. The summed E-state index contributed by atoms with van der Waals surface area (Å²) in [4.78, 5) is 31.8. The minimum atomic E-state index is -0.842. The van der Waals surface area contributed by atoms with Crippen LogP contribution in [0.5, 0.6) is 0 Å². The second-order valence-corrected chi connectivity index (χ2v) is 8.90. The highest BCUT2D eigenvalue weighted by Crippen LogP contribution is 2.25. The summed E-state index contributed by atoms with van der Waals surface area (Å²) in [6.07, 6.45) is -0.842. The number of hydrogen-bond acceptors (Lipinski definition) is 6. The number of thiazole rings is 1. The highest BCUT2D eigenvalue weighted by atomic mass is 32.1. The van der Waals surface area contributed by atoms with Crippen LogP contribution >= 0.6 is 11.3 Å². The molecule has 2 aromatic carbocycles. The number of carbonyl (C=O) groups is 2. The summed E-state index contributed by atoms with van der Waals surface area (Å²) in [7, 11) is 0. The highest BCUT2D eigenvalue weighted by molar-refractivity contribution is 7.18. The summed E-state index contributed by atoms with van der Waals surface area (Å²) in [6, 6.07) is 13.3. The Bertz CT molecular complexity index is 1350. The molecule has 4 aromatic rings. The van der Waals surface area contributed by atoms with Crippen molar-refractivity contribution < 1.29 is 18.7 Å². The van der Waals surface area contributed by atoms with Crippen molar-refractivity contribution in [2.75, 3.05) is 25.0 Å². The first-order chi connectivity index (χ1) is 16.0. The predicted molar refractivity (Wildman–Crippen MR) is 123 cm³/mol. The number of nitrogens with zero attached hydrogens (tertiary/aromatic N) is 3. The quantitative estimate of drug-likeness (QED) is 0.480. The molecule has 0 bridgehead atoms. The number of amides is 2. The summed E-state index contributed by atoms with van der Waals surface area (Å²) >= 11 is 1.53. The van der Waals surface area contributed by atoms with Crippen molar-refractivity contribution in [1.29, 1.82) is 0 Å². The van der Waals surface area contributed by atoms with E-state index in [-0.39, 0.29) is 24.9 Å². The maximum absolute atomic E-state index is 14.0. The van der Waals surface area contributed by atoms with Gasteiger partial charge in [-0.2, -0.15) is 5.10 Å². The van der Waals surface area contributed by atoms with Gasteiger partial charge in [-0.15, -0.1) is 11.3 Å². The Morgan fingerprint density at radius 2 is 2.09 bits per heavy atom. The molecule has 5 rings (SSSR count). The molecule has 1 atom stereocenters. The van der Waals surface area contributed by atoms with Gasteiger partial charge in [0.25, 0.3) is 11.8 Å². The Morgan fingerprint density at radius 1 is 1.24 bits per heavy atom. The number of aromatic amines is 1. The lowest BCUT2D eigenvalue weighted by Gasteiger charge is -2.32. The van der Waals surface area contributed by atoms with Crippen molar-refractivity contribution >= 4 is 39.2 Å². The van der Waals surface area contributed by atoms with Gasteiger partial charge in [0.2, 0.25) is 0 Å². The summed E-state index contributed by atoms with van der Waals surface area (Å²) in [5.74, 6) is -0.731. The molecule has 1 saturated heterocycles. The highest BCUT2D eigenvalue weighted by Gasteiger charge is 2.30. The van der Waals surface area contributed by atoms with Crippen LogP contribution < -0.4 is 5.32 Å². The molecule has 0 aliphatic carbocycles. The lowest BCUT2D eigenvalue weighted by atomic mass is 10.1. The summed E-state index contributed by atoms with van der Waals surface area (Å²) in [6.45, 7) is 2.68. The van der Waals surface area contributed by atoms with Gasteiger partial charge in [0, 0.05) is 23.7 Å². The molecule has 168 valence electrons. The minimum absolute atomic E-state index is 0.120. The largest absolute Gasteiger partial charge is 0.365 e. The first-order valence-corrected chi connectivity index (χ1v) is 11.2. The fraction of sp³-hybridized carbons (Fsp3) is 0.217. The number of anilines is 1. The van der Waals surface area contributed by atoms with E-state index in [4.69, 9.17) is 4.74 Å². The molecular formula is C23H20FN5O3S. The third-order valence-corrected chi connectivity index (χ3v) is 6.32. The molecule has 8 nitrogen and oxygen atoms in total. The van der Waals surface area contributed by atoms with Crippen molar-refractivity contribution in [3.05, 3.63) is 64.9 Å². The molecule has 1 aliphatic heterocycles. The van der Waals surface area contributed by atoms with Gasteiger partial charge in [-0.1, -0.05) is 12.1 Å². The number of aromatic nitrogens is 3. The van der Waals surface area contributed by atoms with E-state index in [0.717, 1.165) is 15.2 Å². The summed E-state index contributed by atoms with van der Waals surface area (Å²) < 4.78 is 20.5. The van der Waals surface area contributed by atoms with E-state index < -0.39 is 17.8 Å². The molecule has 0 spiro atoms. The van der Waals surface area contributed by atoms with Gasteiger partial charge in [0.1, 0.15) is 5.82 Å². The van der Waals surface area contributed by atoms with Gasteiger partial charge in [0.05, 0.1) is 34.1 Å². The fourth-order valence-corrected chi connectivity index (χ4v) is 4.62. The first kappa shape index (κ1) is 21.2. The monoisotopic (exact) mass is 465 g/mol. The van der Waals surface area contributed by atoms with Gasteiger partial charge >= 0.3 is 0 Å². The number of morpholine rings is 1. The molecular weight excluding hydrogens is 445 g/mol. The van der Waals surface area contributed by atoms with Gasteiger partial charge in [-0.05, 0) is 37.3 Å². The van der Waals surface area contributed by atoms with Gasteiger partial charge in [-0.25, -0.2) is 9.37 Å². The van der Waals surface area contributed by atoms with E-state index in [0.29, 0.717) is 23.4 Å². The number of nitrogens with one attached hydrogen (secondary N) is 2. The van der Waals surface area contributed by atoms with Gasteiger partial charge < -0.3 is 15.0 Å². The minimum Gasteiger partial charge on any atom is -0.365 e. The molecule has 2 aromatic heterocycles. The average molecular weight is 466 g/mol. The zero-order valence-electron chi connectivity index (χ0n) is 17.7. The van der Waals surface area contributed by atoms with E-state index in [1.165, 1.54) is 17.4 Å². The SMILES string of the molecule is Cc1nc2ccc(C(=O)N3CCOC(C(=O)Nc4cc(-c5ccccc5F)[nH]n4)C3)cc2s1. The number of hydrogen-bond donors (Lipinski definition) is 2. The fourth-order valence-electron chi connectivity index (χ4n) is 3.76. The van der Waals surface area contributed by atoms with Crippen molar-refractivity contribution in [3.8, 4) is 11.3 Å². The second-order valence-electron chi connectivity index (χ2n) is 7.66. The molecule has 3 heterocycles. The number of fused-ring (bicyclic) bond motifs is 1. The van der Waals surface area contributed by atoms with E-state index >= 15 is 0 Å². The standard InChI is InChI=1S/C23H20FN5O3S/c1-13-25-17-7-6-14(10-20(17)33-13)23(31)29-8-9-32-19(12-29)22(30)26-21-11-18(27-28-21)15-4-2-3-5-16(15)24/h2-7,10-11,19H,8-9,12H2,1H3,(H2,26,27,28,30). The maximum atomic E-state index is 14.0. The number of H-pyrrole nitrogens is 1. The van der Waals surface area contributed by atoms with Crippen LogP contribution in [0.15, 0.2) is 48.5 Å². The van der Waals surface area contributed by atoms with Crippen LogP contribution in [0.2, 0.25) is 0 Å². The van der Waals surface area contributed by atoms with Crippen molar-refractivity contribution in [2.45, 2.75) is 13.0 Å². The van der Waals surface area contributed by atoms with Crippen LogP contribution in [0, 0.1) is 12.7 Å². The number of halogens is 1. The molecule has 0 radical (unpaired) electrons. The predicted octanol–water partition coefficient (Wildman–Crippen LogP) is 3.61. The second kappa shape index (κ2) is 8.72. The molecule has 1 aliphatic rings. The third kappa shape index (κ3) is 4.35. The van der Waals surface area contributed by atoms with Crippen molar-refractivity contribution in [3.63, 3.8) is 0 Å². The van der Waals surface area contributed by atoms with Crippen LogP contribution in [0.25, 0.3) is 21.5 Å². The van der Waals surface area contributed by atoms with Crippen LogP contribution in [0.4, 0.5) is 10.2 Å². The van der Waals surface area contributed by atoms with E-state index in [1.54, 1.807) is 35.2 Å². The zero-order valence-corrected chi connectivity index (χ0v) is 18.5. The summed E-state index contributed by atoms with van der Waals surface area (Å²) in [5.41, 5.74) is 2.21. The Morgan fingerprint density at radius 3 is 2.94 bits per heavy atom. The lowest BCUT2D eigenvalue weighted by Crippen LogP contribution is -2.50. The average Bonchev–Trinajstić information content (AvgIpc) is 3.43. The van der Waals surface area contributed by atoms with Crippen molar-refractivity contribution in [2.24, 2.45) is 0 Å². The Labute approximate surface area is 192 Å². The molecule has 1 fully saturated rings. The first-order valence-electron chi connectivity index (χ1n) is 10.4. The number of carbonyl (C=O) groups excluding carboxylic acids is 2. The van der Waals surface area contributed by atoms with Crippen LogP contribution in [-0.2, 0) is 9.53 Å². The molecule has 33 heavy (non-hydrogen) atoms. The van der Waals surface area contributed by atoms with Gasteiger partial charge in [0.15, 0.2) is 11.9 Å². The number of ether oxygens (including phenoxy) is 1. The summed E-state index contributed by atoms with van der Waals surface area (Å²) in [5, 5.41) is 10.4. The molecule has 10 heteroatoms. The van der Waals surface area contributed by atoms with E-state index in [2.05, 4.69) is 20.5 Å². The lowest BCUT2D eigenvalue weighted by molar-refractivity contribution is -0.131. The third-order valence-electron chi connectivity index (χ3n) is 5.38. The Kier molecular flexibility index (Phi) is 5.61. The van der Waals surface area contributed by atoms with Gasteiger partial charge in [-0.3, -0.25) is 14.7 Å². The maximum Gasteiger partial charge on any atom is 0.256 e. The van der Waals surface area contributed by atoms with Crippen molar-refractivity contribution in [1.82, 2.24) is 20.1 Å². The molecule has 2 N–H and O–H groups in total. The van der Waals surface area contributed by atoms with E-state index in [1.807, 2.05) is 19.1 Å². The topological polar surface area (TPSA) is 100 Å². The Balaban J connectivity index is 1.26. The number of benzene rings is 2. The van der Waals surface area contributed by atoms with Crippen LogP contribution in [0.3, 0.4) is 0 Å². The van der Waals surface area contributed by atoms with E-state index in [9.17, 15) is 14.0 Å². The van der Waals surface area contributed by atoms with Crippen LogP contribution in [0.1, 0.15) is 15.4 Å². The number of rotatable bonds is 4. The zero-order chi connectivity index (χ0) is 22.9.